The van der Waals surface area contributed by atoms with Gasteiger partial charge in [-0.15, -0.1) is 0 Å². The van der Waals surface area contributed by atoms with Gasteiger partial charge in [0.25, 0.3) is 0 Å². The molecule has 0 radical (unpaired) electrons. The van der Waals surface area contributed by atoms with Crippen molar-refractivity contribution in [2.24, 2.45) is 0 Å². The molecule has 0 aromatic carbocycles. The van der Waals surface area contributed by atoms with Gasteiger partial charge >= 0.3 is 0 Å². The highest BCUT2D eigenvalue weighted by Crippen LogP contribution is 2.22. The summed E-state index contributed by atoms with van der Waals surface area (Å²) in [7, 11) is 1.55. The lowest BCUT2D eigenvalue weighted by Gasteiger charge is -2.33. The lowest BCUT2D eigenvalue weighted by molar-refractivity contribution is -0.161. The van der Waals surface area contributed by atoms with Crippen molar-refractivity contribution in [3.63, 3.8) is 0 Å². The zero-order valence-corrected chi connectivity index (χ0v) is 7.71. The van der Waals surface area contributed by atoms with Crippen LogP contribution in [0.3, 0.4) is 0 Å². The van der Waals surface area contributed by atoms with Crippen molar-refractivity contribution in [2.75, 3.05) is 13.7 Å². The van der Waals surface area contributed by atoms with E-state index in [1.54, 1.807) is 7.11 Å². The van der Waals surface area contributed by atoms with Crippen molar-refractivity contribution >= 4 is 5.78 Å². The molecule has 0 aromatic heterocycles. The predicted molar refractivity (Wildman–Crippen MR) is 45.1 cm³/mol. The molecule has 2 unspecified atom stereocenters. The monoisotopic (exact) mass is 172 g/mol. The van der Waals surface area contributed by atoms with Gasteiger partial charge in [0, 0.05) is 20.1 Å². The minimum atomic E-state index is -0.290. The Bertz CT molecular complexity index is 156. The number of carbonyl (C=O) groups is 1. The maximum Gasteiger partial charge on any atom is 0.166 e. The number of rotatable bonds is 5. The number of hydrogen-bond donors (Lipinski definition) is 0. The first-order valence-electron chi connectivity index (χ1n) is 4.46. The molecule has 0 aliphatic heterocycles. The van der Waals surface area contributed by atoms with Gasteiger partial charge in [0.1, 0.15) is 6.10 Å². The van der Waals surface area contributed by atoms with Crippen molar-refractivity contribution < 1.29 is 14.3 Å². The standard InChI is InChI=1S/C9H16O3/c1-3-4-5-12-8-6-7(10)9(8)11-2/h8-9H,3-6H2,1-2H3. The summed E-state index contributed by atoms with van der Waals surface area (Å²) in [5, 5.41) is 0. The van der Waals surface area contributed by atoms with Gasteiger partial charge in [-0.2, -0.15) is 0 Å². The van der Waals surface area contributed by atoms with Crippen LogP contribution in [-0.4, -0.2) is 31.7 Å². The molecule has 0 saturated heterocycles. The average molecular weight is 172 g/mol. The molecule has 0 spiro atoms. The Morgan fingerprint density at radius 2 is 2.33 bits per heavy atom. The molecular weight excluding hydrogens is 156 g/mol. The third kappa shape index (κ3) is 2.05. The summed E-state index contributed by atoms with van der Waals surface area (Å²) in [6.07, 6.45) is 2.44. The third-order valence-electron chi connectivity index (χ3n) is 2.14. The van der Waals surface area contributed by atoms with E-state index in [4.69, 9.17) is 9.47 Å². The number of methoxy groups -OCH3 is 1. The summed E-state index contributed by atoms with van der Waals surface area (Å²) in [5.74, 6) is 0.166. The molecule has 3 heteroatoms. The molecule has 1 aliphatic carbocycles. The van der Waals surface area contributed by atoms with E-state index < -0.39 is 0 Å². The van der Waals surface area contributed by atoms with E-state index in [0.717, 1.165) is 19.4 Å². The molecule has 0 heterocycles. The van der Waals surface area contributed by atoms with Crippen LogP contribution >= 0.6 is 0 Å². The fourth-order valence-electron chi connectivity index (χ4n) is 1.28. The SMILES string of the molecule is CCCCOC1CC(=O)C1OC. The van der Waals surface area contributed by atoms with Crippen LogP contribution < -0.4 is 0 Å². The largest absolute Gasteiger partial charge is 0.375 e. The first-order chi connectivity index (χ1) is 5.79. The number of ether oxygens (including phenoxy) is 2. The van der Waals surface area contributed by atoms with E-state index in [2.05, 4.69) is 6.92 Å². The van der Waals surface area contributed by atoms with Crippen LogP contribution in [0, 0.1) is 0 Å². The highest BCUT2D eigenvalue weighted by Gasteiger charge is 2.40. The zero-order chi connectivity index (χ0) is 8.97. The van der Waals surface area contributed by atoms with E-state index in [0.29, 0.717) is 6.42 Å². The second kappa shape index (κ2) is 4.58. The van der Waals surface area contributed by atoms with Gasteiger partial charge in [-0.05, 0) is 6.42 Å². The van der Waals surface area contributed by atoms with Gasteiger partial charge in [-0.1, -0.05) is 13.3 Å². The molecule has 0 bridgehead atoms. The second-order valence-corrected chi connectivity index (χ2v) is 3.09. The summed E-state index contributed by atoms with van der Waals surface area (Å²) in [4.78, 5) is 10.9. The fourth-order valence-corrected chi connectivity index (χ4v) is 1.28. The van der Waals surface area contributed by atoms with E-state index in [9.17, 15) is 4.79 Å². The molecule has 0 N–H and O–H groups in total. The molecule has 70 valence electrons. The Kier molecular flexibility index (Phi) is 3.69. The average Bonchev–Trinajstić information content (AvgIpc) is 2.04. The molecular formula is C9H16O3. The summed E-state index contributed by atoms with van der Waals surface area (Å²) in [5.41, 5.74) is 0. The maximum atomic E-state index is 10.9. The first kappa shape index (κ1) is 9.68. The van der Waals surface area contributed by atoms with Crippen LogP contribution in [0.5, 0.6) is 0 Å². The van der Waals surface area contributed by atoms with Crippen LogP contribution in [0.25, 0.3) is 0 Å². The van der Waals surface area contributed by atoms with Crippen molar-refractivity contribution in [2.45, 2.75) is 38.4 Å². The van der Waals surface area contributed by atoms with Crippen LogP contribution in [0.2, 0.25) is 0 Å². The smallest absolute Gasteiger partial charge is 0.166 e. The first-order valence-corrected chi connectivity index (χ1v) is 4.46. The minimum absolute atomic E-state index is 0.0223. The topological polar surface area (TPSA) is 35.5 Å². The summed E-state index contributed by atoms with van der Waals surface area (Å²) >= 11 is 0. The number of carbonyl (C=O) groups excluding carboxylic acids is 1. The Morgan fingerprint density at radius 1 is 1.58 bits per heavy atom. The van der Waals surface area contributed by atoms with Crippen LogP contribution in [0.15, 0.2) is 0 Å². The van der Waals surface area contributed by atoms with E-state index >= 15 is 0 Å². The van der Waals surface area contributed by atoms with Crippen molar-refractivity contribution in [3.05, 3.63) is 0 Å². The maximum absolute atomic E-state index is 10.9. The third-order valence-corrected chi connectivity index (χ3v) is 2.14. The molecule has 12 heavy (non-hydrogen) atoms. The molecule has 0 aromatic rings. The molecule has 1 aliphatic rings. The molecule has 3 nitrogen and oxygen atoms in total. The highest BCUT2D eigenvalue weighted by atomic mass is 16.5. The molecule has 1 rings (SSSR count). The molecule has 1 fully saturated rings. The van der Waals surface area contributed by atoms with E-state index in [1.165, 1.54) is 0 Å². The lowest BCUT2D eigenvalue weighted by Crippen LogP contribution is -2.50. The van der Waals surface area contributed by atoms with Crippen LogP contribution in [0.1, 0.15) is 26.2 Å². The fraction of sp³-hybridized carbons (Fsp3) is 0.889. The van der Waals surface area contributed by atoms with Crippen molar-refractivity contribution in [1.29, 1.82) is 0 Å². The highest BCUT2D eigenvalue weighted by molar-refractivity contribution is 5.90. The molecule has 0 amide bonds. The van der Waals surface area contributed by atoms with Crippen LogP contribution in [0.4, 0.5) is 0 Å². The van der Waals surface area contributed by atoms with Crippen molar-refractivity contribution in [1.82, 2.24) is 0 Å². The van der Waals surface area contributed by atoms with Gasteiger partial charge in [0.05, 0.1) is 6.10 Å². The predicted octanol–water partition coefficient (Wildman–Crippen LogP) is 1.16. The Hall–Kier alpha value is -0.410. The minimum Gasteiger partial charge on any atom is -0.375 e. The van der Waals surface area contributed by atoms with Gasteiger partial charge < -0.3 is 9.47 Å². The van der Waals surface area contributed by atoms with Gasteiger partial charge in [0.15, 0.2) is 5.78 Å². The van der Waals surface area contributed by atoms with Gasteiger partial charge in [-0.25, -0.2) is 0 Å². The molecule has 1 saturated carbocycles. The Morgan fingerprint density at radius 3 is 2.83 bits per heavy atom. The summed E-state index contributed by atoms with van der Waals surface area (Å²) in [6, 6.07) is 0. The second-order valence-electron chi connectivity index (χ2n) is 3.09. The zero-order valence-electron chi connectivity index (χ0n) is 7.71. The molecule has 2 atom stereocenters. The Balaban J connectivity index is 2.13. The quantitative estimate of drug-likeness (QED) is 0.584. The Labute approximate surface area is 73.0 Å². The lowest BCUT2D eigenvalue weighted by atomic mass is 9.90. The summed E-state index contributed by atoms with van der Waals surface area (Å²) < 4.78 is 10.4. The van der Waals surface area contributed by atoms with Crippen LogP contribution in [-0.2, 0) is 14.3 Å². The summed E-state index contributed by atoms with van der Waals surface area (Å²) in [6.45, 7) is 2.86. The van der Waals surface area contributed by atoms with Gasteiger partial charge in [0.2, 0.25) is 0 Å². The van der Waals surface area contributed by atoms with Crippen molar-refractivity contribution in [3.8, 4) is 0 Å². The van der Waals surface area contributed by atoms with E-state index in [-0.39, 0.29) is 18.0 Å². The number of Topliss-reactive ketones (excluding diaryl/α,β-unsaturated/α-hetero) is 1. The van der Waals surface area contributed by atoms with Gasteiger partial charge in [-0.3, -0.25) is 4.79 Å². The van der Waals surface area contributed by atoms with E-state index in [1.807, 2.05) is 0 Å². The number of hydrogen-bond acceptors (Lipinski definition) is 3. The normalized spacial score (nSPS) is 28.7. The number of ketones is 1. The number of unbranched alkanes of at least 4 members (excludes halogenated alkanes) is 1.